The lowest BCUT2D eigenvalue weighted by Gasteiger charge is -2.00. The summed E-state index contributed by atoms with van der Waals surface area (Å²) in [5.74, 6) is 0.303. The van der Waals surface area contributed by atoms with Crippen molar-refractivity contribution in [2.75, 3.05) is 0 Å². The van der Waals surface area contributed by atoms with Crippen molar-refractivity contribution >= 4 is 5.97 Å². The van der Waals surface area contributed by atoms with Gasteiger partial charge in [0.1, 0.15) is 5.75 Å². The van der Waals surface area contributed by atoms with Crippen molar-refractivity contribution in [3.8, 4) is 5.75 Å². The first-order chi connectivity index (χ1) is 9.83. The number of carbonyl (C=O) groups is 1. The number of para-hydroxylation sites is 1. The highest BCUT2D eigenvalue weighted by atomic mass is 16.5. The van der Waals surface area contributed by atoms with Crippen molar-refractivity contribution in [3.05, 3.63) is 42.5 Å². The first-order valence-corrected chi connectivity index (χ1v) is 7.76. The molecule has 0 N–H and O–H groups in total. The third-order valence-corrected chi connectivity index (χ3v) is 3.19. The first-order valence-electron chi connectivity index (χ1n) is 7.76. The lowest BCUT2D eigenvalue weighted by molar-refractivity contribution is -0.129. The van der Waals surface area contributed by atoms with Gasteiger partial charge >= 0.3 is 5.97 Å². The SMILES string of the molecule is CCCCCCCCC/C=C/C(=O)Oc1ccccc1. The van der Waals surface area contributed by atoms with Crippen LogP contribution >= 0.6 is 0 Å². The summed E-state index contributed by atoms with van der Waals surface area (Å²) in [7, 11) is 0. The second-order valence-electron chi connectivity index (χ2n) is 5.05. The monoisotopic (exact) mass is 274 g/mol. The number of benzene rings is 1. The Morgan fingerprint density at radius 3 is 2.35 bits per heavy atom. The van der Waals surface area contributed by atoms with Gasteiger partial charge < -0.3 is 4.74 Å². The van der Waals surface area contributed by atoms with Crippen LogP contribution in [0.2, 0.25) is 0 Å². The summed E-state index contributed by atoms with van der Waals surface area (Å²) in [6, 6.07) is 9.16. The van der Waals surface area contributed by atoms with Gasteiger partial charge in [0.15, 0.2) is 0 Å². The zero-order valence-corrected chi connectivity index (χ0v) is 12.5. The molecule has 0 spiro atoms. The Balaban J connectivity index is 2.02. The molecular weight excluding hydrogens is 248 g/mol. The maximum atomic E-state index is 11.5. The van der Waals surface area contributed by atoms with E-state index in [0.29, 0.717) is 5.75 Å². The summed E-state index contributed by atoms with van der Waals surface area (Å²) >= 11 is 0. The molecule has 0 aliphatic heterocycles. The van der Waals surface area contributed by atoms with E-state index in [2.05, 4.69) is 6.92 Å². The highest BCUT2D eigenvalue weighted by Crippen LogP contribution is 2.10. The van der Waals surface area contributed by atoms with E-state index in [1.54, 1.807) is 12.1 Å². The maximum absolute atomic E-state index is 11.5. The number of rotatable bonds is 10. The quantitative estimate of drug-likeness (QED) is 0.251. The maximum Gasteiger partial charge on any atom is 0.335 e. The molecule has 0 saturated heterocycles. The summed E-state index contributed by atoms with van der Waals surface area (Å²) in [6.45, 7) is 2.24. The van der Waals surface area contributed by atoms with Gasteiger partial charge in [-0.2, -0.15) is 0 Å². The smallest absolute Gasteiger partial charge is 0.335 e. The molecule has 0 aliphatic rings. The van der Waals surface area contributed by atoms with Gasteiger partial charge in [0.2, 0.25) is 0 Å². The molecule has 0 aromatic heterocycles. The van der Waals surface area contributed by atoms with Crippen LogP contribution in [0.4, 0.5) is 0 Å². The molecule has 0 bridgehead atoms. The topological polar surface area (TPSA) is 26.3 Å². The first kappa shape index (κ1) is 16.5. The Kier molecular flexibility index (Phi) is 9.29. The fourth-order valence-electron chi connectivity index (χ4n) is 2.04. The van der Waals surface area contributed by atoms with E-state index >= 15 is 0 Å². The van der Waals surface area contributed by atoms with Crippen molar-refractivity contribution < 1.29 is 9.53 Å². The van der Waals surface area contributed by atoms with Crippen LogP contribution in [0.1, 0.15) is 58.3 Å². The number of hydrogen-bond donors (Lipinski definition) is 0. The summed E-state index contributed by atoms with van der Waals surface area (Å²) in [5.41, 5.74) is 0. The molecule has 0 atom stereocenters. The molecule has 0 radical (unpaired) electrons. The predicted octanol–water partition coefficient (Wildman–Crippen LogP) is 5.29. The molecule has 0 amide bonds. The molecule has 2 heteroatoms. The van der Waals surface area contributed by atoms with Gasteiger partial charge in [-0.05, 0) is 25.0 Å². The summed E-state index contributed by atoms with van der Waals surface area (Å²) in [4.78, 5) is 11.5. The summed E-state index contributed by atoms with van der Waals surface area (Å²) < 4.78 is 5.16. The Morgan fingerprint density at radius 2 is 1.65 bits per heavy atom. The van der Waals surface area contributed by atoms with Crippen molar-refractivity contribution in [2.45, 2.75) is 58.3 Å². The number of hydrogen-bond acceptors (Lipinski definition) is 2. The van der Waals surface area contributed by atoms with Crippen LogP contribution in [-0.4, -0.2) is 5.97 Å². The van der Waals surface area contributed by atoms with Gasteiger partial charge in [-0.25, -0.2) is 4.79 Å². The largest absolute Gasteiger partial charge is 0.423 e. The summed E-state index contributed by atoms with van der Waals surface area (Å²) in [6.07, 6.45) is 13.5. The number of esters is 1. The molecule has 0 aliphatic carbocycles. The number of ether oxygens (including phenoxy) is 1. The number of allylic oxidation sites excluding steroid dienone is 1. The fraction of sp³-hybridized carbons (Fsp3) is 0.500. The van der Waals surface area contributed by atoms with Crippen LogP contribution in [-0.2, 0) is 4.79 Å². The predicted molar refractivity (Wildman–Crippen MR) is 83.8 cm³/mol. The highest BCUT2D eigenvalue weighted by molar-refractivity contribution is 5.83. The average molecular weight is 274 g/mol. The van der Waals surface area contributed by atoms with Crippen LogP contribution in [0.3, 0.4) is 0 Å². The van der Waals surface area contributed by atoms with Crippen molar-refractivity contribution in [3.63, 3.8) is 0 Å². The molecule has 0 heterocycles. The Bertz CT molecular complexity index is 382. The molecule has 110 valence electrons. The van der Waals surface area contributed by atoms with Crippen LogP contribution in [0.25, 0.3) is 0 Å². The van der Waals surface area contributed by atoms with E-state index in [9.17, 15) is 4.79 Å². The third-order valence-electron chi connectivity index (χ3n) is 3.19. The van der Waals surface area contributed by atoms with Gasteiger partial charge in [0, 0.05) is 6.08 Å². The Labute approximate surface area is 122 Å². The molecule has 2 nitrogen and oxygen atoms in total. The van der Waals surface area contributed by atoms with Crippen LogP contribution in [0.5, 0.6) is 5.75 Å². The molecular formula is C18H26O2. The molecule has 1 aromatic carbocycles. The van der Waals surface area contributed by atoms with Crippen LogP contribution in [0, 0.1) is 0 Å². The van der Waals surface area contributed by atoms with Gasteiger partial charge in [-0.15, -0.1) is 0 Å². The molecule has 20 heavy (non-hydrogen) atoms. The normalized spacial score (nSPS) is 10.8. The standard InChI is InChI=1S/C18H26O2/c1-2-3-4-5-6-7-8-9-13-16-18(19)20-17-14-11-10-12-15-17/h10-16H,2-9H2,1H3/b16-13+. The van der Waals surface area contributed by atoms with Crippen molar-refractivity contribution in [1.82, 2.24) is 0 Å². The molecule has 0 fully saturated rings. The lowest BCUT2D eigenvalue weighted by atomic mass is 10.1. The van der Waals surface area contributed by atoms with E-state index in [-0.39, 0.29) is 5.97 Å². The van der Waals surface area contributed by atoms with Gasteiger partial charge in [-0.3, -0.25) is 0 Å². The molecule has 0 unspecified atom stereocenters. The Morgan fingerprint density at radius 1 is 1.00 bits per heavy atom. The van der Waals surface area contributed by atoms with Gasteiger partial charge in [0.25, 0.3) is 0 Å². The minimum Gasteiger partial charge on any atom is -0.423 e. The molecule has 1 rings (SSSR count). The number of carbonyl (C=O) groups excluding carboxylic acids is 1. The zero-order valence-electron chi connectivity index (χ0n) is 12.5. The van der Waals surface area contributed by atoms with E-state index in [0.717, 1.165) is 12.8 Å². The van der Waals surface area contributed by atoms with E-state index in [1.807, 2.05) is 24.3 Å². The van der Waals surface area contributed by atoms with Crippen LogP contribution < -0.4 is 4.74 Å². The average Bonchev–Trinajstić information content (AvgIpc) is 2.46. The lowest BCUT2D eigenvalue weighted by Crippen LogP contribution is -2.03. The zero-order chi connectivity index (χ0) is 14.5. The number of unbranched alkanes of at least 4 members (excludes halogenated alkanes) is 7. The Hall–Kier alpha value is -1.57. The van der Waals surface area contributed by atoms with Crippen LogP contribution in [0.15, 0.2) is 42.5 Å². The summed E-state index contributed by atoms with van der Waals surface area (Å²) in [5, 5.41) is 0. The van der Waals surface area contributed by atoms with Gasteiger partial charge in [-0.1, -0.05) is 69.7 Å². The van der Waals surface area contributed by atoms with E-state index < -0.39 is 0 Å². The van der Waals surface area contributed by atoms with Crippen molar-refractivity contribution in [2.24, 2.45) is 0 Å². The van der Waals surface area contributed by atoms with Gasteiger partial charge in [0.05, 0.1) is 0 Å². The second kappa shape index (κ2) is 11.3. The second-order valence-corrected chi connectivity index (χ2v) is 5.05. The third kappa shape index (κ3) is 8.52. The minimum atomic E-state index is -0.292. The van der Waals surface area contributed by atoms with Crippen molar-refractivity contribution in [1.29, 1.82) is 0 Å². The molecule has 0 saturated carbocycles. The molecule has 1 aromatic rings. The fourth-order valence-corrected chi connectivity index (χ4v) is 2.04. The minimum absolute atomic E-state index is 0.292. The van der Waals surface area contributed by atoms with E-state index in [4.69, 9.17) is 4.74 Å². The highest BCUT2D eigenvalue weighted by Gasteiger charge is 1.98. The van der Waals surface area contributed by atoms with E-state index in [1.165, 1.54) is 44.6 Å².